The number of carbonyl (C=O) groups excluding carboxylic acids is 1. The third-order valence-corrected chi connectivity index (χ3v) is 5.87. The third kappa shape index (κ3) is 3.12. The molecule has 1 nitrogen and oxygen atoms in total. The van der Waals surface area contributed by atoms with E-state index in [0.29, 0.717) is 10.6 Å². The number of carbonyl (C=O) groups is 1. The minimum absolute atomic E-state index is 0.0481. The van der Waals surface area contributed by atoms with Crippen molar-refractivity contribution in [2.75, 3.05) is 0 Å². The first-order valence-electron chi connectivity index (χ1n) is 8.23. The Hall–Kier alpha value is -2.03. The van der Waals surface area contributed by atoms with Crippen LogP contribution in [0.2, 0.25) is 5.02 Å². The van der Waals surface area contributed by atoms with E-state index in [-0.39, 0.29) is 5.78 Å². The van der Waals surface area contributed by atoms with Crippen LogP contribution in [0.3, 0.4) is 0 Å². The van der Waals surface area contributed by atoms with E-state index in [9.17, 15) is 4.79 Å². The zero-order chi connectivity index (χ0) is 17.4. The average molecular weight is 365 g/mol. The first-order valence-corrected chi connectivity index (χ1v) is 9.76. The maximum absolute atomic E-state index is 13.2. The predicted octanol–water partition coefficient (Wildman–Crippen LogP) is 6.29. The Morgan fingerprint density at radius 1 is 0.920 bits per heavy atom. The fourth-order valence-electron chi connectivity index (χ4n) is 3.25. The largest absolute Gasteiger partial charge is 0.289 e. The van der Waals surface area contributed by atoms with Gasteiger partial charge in [-0.1, -0.05) is 53.6 Å². The Kier molecular flexibility index (Phi) is 4.41. The van der Waals surface area contributed by atoms with Gasteiger partial charge in [0.1, 0.15) is 0 Å². The molecule has 0 N–H and O–H groups in total. The van der Waals surface area contributed by atoms with Crippen LogP contribution in [0.25, 0.3) is 11.1 Å². The smallest absolute Gasteiger partial charge is 0.193 e. The third-order valence-electron chi connectivity index (χ3n) is 4.61. The van der Waals surface area contributed by atoms with Crippen molar-refractivity contribution in [2.45, 2.75) is 18.4 Å². The topological polar surface area (TPSA) is 17.1 Å². The molecule has 3 aromatic rings. The highest BCUT2D eigenvalue weighted by atomic mass is 35.5. The summed E-state index contributed by atoms with van der Waals surface area (Å²) in [4.78, 5) is 13.2. The molecule has 0 bridgehead atoms. The first kappa shape index (κ1) is 16.4. The minimum atomic E-state index is 0.0481. The molecule has 0 aromatic heterocycles. The number of benzene rings is 3. The van der Waals surface area contributed by atoms with E-state index >= 15 is 0 Å². The second-order valence-electron chi connectivity index (χ2n) is 6.32. The molecule has 3 heteroatoms. The average Bonchev–Trinajstić information content (AvgIpc) is 3.10. The highest BCUT2D eigenvalue weighted by molar-refractivity contribution is 7.98. The number of fused-ring (bicyclic) bond motifs is 1. The van der Waals surface area contributed by atoms with Gasteiger partial charge in [-0.25, -0.2) is 0 Å². The van der Waals surface area contributed by atoms with E-state index in [2.05, 4.69) is 37.3 Å². The van der Waals surface area contributed by atoms with Crippen molar-refractivity contribution in [2.24, 2.45) is 0 Å². The summed E-state index contributed by atoms with van der Waals surface area (Å²) in [6.45, 7) is 2.08. The van der Waals surface area contributed by atoms with Gasteiger partial charge in [0.25, 0.3) is 0 Å². The van der Waals surface area contributed by atoms with Crippen molar-refractivity contribution >= 4 is 29.1 Å². The zero-order valence-electron chi connectivity index (χ0n) is 13.9. The zero-order valence-corrected chi connectivity index (χ0v) is 15.5. The van der Waals surface area contributed by atoms with Gasteiger partial charge in [0, 0.05) is 27.7 Å². The molecule has 4 rings (SSSR count). The Labute approximate surface area is 157 Å². The molecule has 1 heterocycles. The van der Waals surface area contributed by atoms with E-state index in [1.807, 2.05) is 17.8 Å². The summed E-state index contributed by atoms with van der Waals surface area (Å²) in [5, 5.41) is 0.640. The quantitative estimate of drug-likeness (QED) is 0.508. The molecule has 25 heavy (non-hydrogen) atoms. The number of rotatable bonds is 3. The standard InChI is InChI=1S/C22H17ClOS/c1-14-2-4-15(5-3-14)21-19(11-8-17-12-25-13-20(17)21)22(24)16-6-9-18(23)10-7-16/h2-11H,12-13H2,1H3. The van der Waals surface area contributed by atoms with E-state index in [0.717, 1.165) is 28.2 Å². The van der Waals surface area contributed by atoms with Crippen molar-refractivity contribution in [3.63, 3.8) is 0 Å². The first-order chi connectivity index (χ1) is 12.1. The fourth-order valence-corrected chi connectivity index (χ4v) is 4.50. The van der Waals surface area contributed by atoms with Gasteiger partial charge in [0.15, 0.2) is 5.78 Å². The normalized spacial score (nSPS) is 12.9. The van der Waals surface area contributed by atoms with E-state index in [4.69, 9.17) is 11.6 Å². The van der Waals surface area contributed by atoms with Crippen LogP contribution in [0.4, 0.5) is 0 Å². The second-order valence-corrected chi connectivity index (χ2v) is 7.74. The van der Waals surface area contributed by atoms with Gasteiger partial charge in [-0.05, 0) is 53.4 Å². The van der Waals surface area contributed by atoms with Gasteiger partial charge >= 0.3 is 0 Å². The van der Waals surface area contributed by atoms with Crippen LogP contribution >= 0.6 is 23.4 Å². The number of hydrogen-bond donors (Lipinski definition) is 0. The Bertz CT molecular complexity index is 943. The maximum atomic E-state index is 13.2. The van der Waals surface area contributed by atoms with Gasteiger partial charge in [-0.2, -0.15) is 11.8 Å². The summed E-state index contributed by atoms with van der Waals surface area (Å²) in [5.41, 5.74) is 7.50. The van der Waals surface area contributed by atoms with E-state index in [1.165, 1.54) is 16.7 Å². The highest BCUT2D eigenvalue weighted by Gasteiger charge is 2.23. The lowest BCUT2D eigenvalue weighted by Crippen LogP contribution is -2.06. The van der Waals surface area contributed by atoms with Crippen LogP contribution in [-0.2, 0) is 11.5 Å². The Morgan fingerprint density at radius 2 is 1.64 bits per heavy atom. The second kappa shape index (κ2) is 6.70. The maximum Gasteiger partial charge on any atom is 0.193 e. The molecule has 1 aliphatic heterocycles. The van der Waals surface area contributed by atoms with Crippen LogP contribution in [0.1, 0.15) is 32.6 Å². The summed E-state index contributed by atoms with van der Waals surface area (Å²) in [7, 11) is 0. The molecule has 3 aromatic carbocycles. The molecular weight excluding hydrogens is 348 g/mol. The SMILES string of the molecule is Cc1ccc(-c2c(C(=O)c3ccc(Cl)cc3)ccc3c2CSC3)cc1. The summed E-state index contributed by atoms with van der Waals surface area (Å²) < 4.78 is 0. The molecule has 0 amide bonds. The molecular formula is C22H17ClOS. The number of hydrogen-bond acceptors (Lipinski definition) is 2. The van der Waals surface area contributed by atoms with Crippen LogP contribution in [0.5, 0.6) is 0 Å². The van der Waals surface area contributed by atoms with Gasteiger partial charge in [0.2, 0.25) is 0 Å². The van der Waals surface area contributed by atoms with Crippen LogP contribution < -0.4 is 0 Å². The Morgan fingerprint density at radius 3 is 2.36 bits per heavy atom. The van der Waals surface area contributed by atoms with Gasteiger partial charge in [-0.15, -0.1) is 0 Å². The fraction of sp³-hybridized carbons (Fsp3) is 0.136. The molecule has 0 atom stereocenters. The molecule has 0 saturated heterocycles. The van der Waals surface area contributed by atoms with Crippen molar-refractivity contribution in [3.05, 3.63) is 93.5 Å². The number of aryl methyl sites for hydroxylation is 1. The minimum Gasteiger partial charge on any atom is -0.289 e. The van der Waals surface area contributed by atoms with Gasteiger partial charge in [-0.3, -0.25) is 4.79 Å². The highest BCUT2D eigenvalue weighted by Crippen LogP contribution is 2.40. The monoisotopic (exact) mass is 364 g/mol. The summed E-state index contributed by atoms with van der Waals surface area (Å²) >= 11 is 7.87. The van der Waals surface area contributed by atoms with Crippen LogP contribution in [0, 0.1) is 6.92 Å². The lowest BCUT2D eigenvalue weighted by molar-refractivity contribution is 0.103. The molecule has 0 spiro atoms. The van der Waals surface area contributed by atoms with Crippen molar-refractivity contribution in [1.29, 1.82) is 0 Å². The Balaban J connectivity index is 1.89. The van der Waals surface area contributed by atoms with Crippen molar-refractivity contribution in [3.8, 4) is 11.1 Å². The molecule has 0 radical (unpaired) electrons. The lowest BCUT2D eigenvalue weighted by atomic mass is 9.88. The summed E-state index contributed by atoms with van der Waals surface area (Å²) in [6, 6.07) is 19.7. The molecule has 0 fully saturated rings. The predicted molar refractivity (Wildman–Crippen MR) is 106 cm³/mol. The molecule has 0 saturated carbocycles. The van der Waals surface area contributed by atoms with Crippen LogP contribution in [-0.4, -0.2) is 5.78 Å². The molecule has 124 valence electrons. The number of ketones is 1. The van der Waals surface area contributed by atoms with E-state index < -0.39 is 0 Å². The van der Waals surface area contributed by atoms with Crippen LogP contribution in [0.15, 0.2) is 60.7 Å². The van der Waals surface area contributed by atoms with Gasteiger partial charge in [0.05, 0.1) is 0 Å². The summed E-state index contributed by atoms with van der Waals surface area (Å²) in [6.07, 6.45) is 0. The van der Waals surface area contributed by atoms with Crippen molar-refractivity contribution in [1.82, 2.24) is 0 Å². The van der Waals surface area contributed by atoms with Crippen molar-refractivity contribution < 1.29 is 4.79 Å². The van der Waals surface area contributed by atoms with Gasteiger partial charge < -0.3 is 0 Å². The number of thioether (sulfide) groups is 1. The number of halogens is 1. The lowest BCUT2D eigenvalue weighted by Gasteiger charge is -2.15. The summed E-state index contributed by atoms with van der Waals surface area (Å²) in [5.74, 6) is 2.02. The molecule has 0 aliphatic carbocycles. The molecule has 0 unspecified atom stereocenters. The molecule has 1 aliphatic rings. The van der Waals surface area contributed by atoms with E-state index in [1.54, 1.807) is 24.3 Å².